The molecule has 0 spiro atoms. The maximum absolute atomic E-state index is 12.1. The van der Waals surface area contributed by atoms with Gasteiger partial charge in [0.25, 0.3) is 5.91 Å². The summed E-state index contributed by atoms with van der Waals surface area (Å²) >= 11 is 9.03. The minimum atomic E-state index is -4.01. The van der Waals surface area contributed by atoms with E-state index >= 15 is 0 Å². The number of esters is 1. The van der Waals surface area contributed by atoms with Crippen molar-refractivity contribution in [3.8, 4) is 0 Å². The molecule has 0 saturated carbocycles. The standard InChI is InChI=1S/C13H11BrClN3O6S/c14-8-1-2-10(9(15)5-8)25(21,22)16-6-13(20)23-7-12(19)17-11-3-4-24-18-11/h1-5,16H,6-7H2,(H,17,18,19). The molecule has 9 nitrogen and oxygen atoms in total. The first kappa shape index (κ1) is 19.4. The summed E-state index contributed by atoms with van der Waals surface area (Å²) in [5, 5.41) is 5.74. The molecule has 1 aromatic heterocycles. The van der Waals surface area contributed by atoms with Crippen LogP contribution >= 0.6 is 27.5 Å². The fourth-order valence-corrected chi connectivity index (χ4v) is 3.58. The number of aromatic nitrogens is 1. The number of nitrogens with zero attached hydrogens (tertiary/aromatic N) is 1. The van der Waals surface area contributed by atoms with Crippen molar-refractivity contribution in [2.75, 3.05) is 18.5 Å². The quantitative estimate of drug-likeness (QED) is 0.610. The highest BCUT2D eigenvalue weighted by atomic mass is 79.9. The van der Waals surface area contributed by atoms with E-state index in [0.717, 1.165) is 0 Å². The Hall–Kier alpha value is -1.95. The summed E-state index contributed by atoms with van der Waals surface area (Å²) in [6.07, 6.45) is 1.25. The number of amides is 1. The highest BCUT2D eigenvalue weighted by molar-refractivity contribution is 9.10. The number of carbonyl (C=O) groups is 2. The molecule has 0 aliphatic carbocycles. The van der Waals surface area contributed by atoms with Crippen molar-refractivity contribution in [1.29, 1.82) is 0 Å². The monoisotopic (exact) mass is 451 g/mol. The van der Waals surface area contributed by atoms with E-state index in [9.17, 15) is 18.0 Å². The highest BCUT2D eigenvalue weighted by Gasteiger charge is 2.20. The van der Waals surface area contributed by atoms with Crippen LogP contribution in [0.4, 0.5) is 5.82 Å². The van der Waals surface area contributed by atoms with Crippen LogP contribution in [0.5, 0.6) is 0 Å². The summed E-state index contributed by atoms with van der Waals surface area (Å²) in [6.45, 7) is -1.27. The van der Waals surface area contributed by atoms with E-state index in [-0.39, 0.29) is 15.7 Å². The Morgan fingerprint density at radius 2 is 2.08 bits per heavy atom. The predicted octanol–water partition coefficient (Wildman–Crippen LogP) is 1.55. The minimum absolute atomic E-state index is 0.0118. The van der Waals surface area contributed by atoms with Crippen LogP contribution in [0, 0.1) is 0 Å². The van der Waals surface area contributed by atoms with Crippen LogP contribution in [0.2, 0.25) is 5.02 Å². The topological polar surface area (TPSA) is 128 Å². The number of benzene rings is 1. The molecule has 1 amide bonds. The number of sulfonamides is 1. The Morgan fingerprint density at radius 1 is 1.32 bits per heavy atom. The number of ether oxygens (including phenoxy) is 1. The van der Waals surface area contributed by atoms with Crippen molar-refractivity contribution >= 4 is 55.2 Å². The molecule has 2 aromatic rings. The number of nitrogens with one attached hydrogen (secondary N) is 2. The van der Waals surface area contributed by atoms with E-state index in [0.29, 0.717) is 4.47 Å². The number of hydrogen-bond acceptors (Lipinski definition) is 7. The summed E-state index contributed by atoms with van der Waals surface area (Å²) in [7, 11) is -4.01. The molecule has 1 heterocycles. The first-order valence-electron chi connectivity index (χ1n) is 6.58. The molecule has 12 heteroatoms. The zero-order chi connectivity index (χ0) is 18.4. The summed E-state index contributed by atoms with van der Waals surface area (Å²) in [5.74, 6) is -1.43. The van der Waals surface area contributed by atoms with Gasteiger partial charge in [-0.2, -0.15) is 4.72 Å². The van der Waals surface area contributed by atoms with Gasteiger partial charge in [-0.05, 0) is 18.2 Å². The van der Waals surface area contributed by atoms with Crippen molar-refractivity contribution < 1.29 is 27.3 Å². The minimum Gasteiger partial charge on any atom is -0.455 e. The summed E-state index contributed by atoms with van der Waals surface area (Å²) in [6, 6.07) is 5.58. The van der Waals surface area contributed by atoms with Gasteiger partial charge in [0.1, 0.15) is 17.7 Å². The zero-order valence-electron chi connectivity index (χ0n) is 12.4. The van der Waals surface area contributed by atoms with Gasteiger partial charge >= 0.3 is 5.97 Å². The lowest BCUT2D eigenvalue weighted by atomic mass is 10.4. The van der Waals surface area contributed by atoms with Gasteiger partial charge in [-0.3, -0.25) is 9.59 Å². The van der Waals surface area contributed by atoms with Crippen molar-refractivity contribution in [3.63, 3.8) is 0 Å². The van der Waals surface area contributed by atoms with Crippen molar-refractivity contribution in [2.24, 2.45) is 0 Å². The second-order valence-electron chi connectivity index (χ2n) is 4.49. The molecule has 0 saturated heterocycles. The number of hydrogen-bond donors (Lipinski definition) is 2. The van der Waals surface area contributed by atoms with E-state index in [1.54, 1.807) is 0 Å². The smallest absolute Gasteiger partial charge is 0.321 e. The average molecular weight is 453 g/mol. The van der Waals surface area contributed by atoms with Gasteiger partial charge in [-0.1, -0.05) is 32.7 Å². The number of carbonyl (C=O) groups excluding carboxylic acids is 2. The SMILES string of the molecule is O=C(COC(=O)CNS(=O)(=O)c1ccc(Br)cc1Cl)Nc1ccon1. The molecule has 1 aromatic carbocycles. The highest BCUT2D eigenvalue weighted by Crippen LogP contribution is 2.24. The lowest BCUT2D eigenvalue weighted by molar-refractivity contribution is -0.146. The zero-order valence-corrected chi connectivity index (χ0v) is 15.5. The second-order valence-corrected chi connectivity index (χ2v) is 7.55. The molecule has 2 rings (SSSR count). The molecule has 0 aliphatic rings. The molecular formula is C13H11BrClN3O6S. The van der Waals surface area contributed by atoms with E-state index in [1.807, 2.05) is 4.72 Å². The maximum Gasteiger partial charge on any atom is 0.321 e. The third-order valence-corrected chi connectivity index (χ3v) is 5.04. The Balaban J connectivity index is 1.83. The lowest BCUT2D eigenvalue weighted by Crippen LogP contribution is -2.32. The van der Waals surface area contributed by atoms with Crippen LogP contribution in [-0.4, -0.2) is 38.6 Å². The van der Waals surface area contributed by atoms with Gasteiger partial charge in [0, 0.05) is 10.5 Å². The Labute approximate surface area is 155 Å². The first-order valence-corrected chi connectivity index (χ1v) is 9.24. The Morgan fingerprint density at radius 3 is 2.72 bits per heavy atom. The maximum atomic E-state index is 12.1. The first-order chi connectivity index (χ1) is 11.8. The van der Waals surface area contributed by atoms with Crippen molar-refractivity contribution in [2.45, 2.75) is 4.90 Å². The molecule has 0 aliphatic heterocycles. The lowest BCUT2D eigenvalue weighted by Gasteiger charge is -2.09. The van der Waals surface area contributed by atoms with E-state index in [2.05, 4.69) is 35.7 Å². The molecule has 2 N–H and O–H groups in total. The van der Waals surface area contributed by atoms with Crippen LogP contribution in [0.1, 0.15) is 0 Å². The predicted molar refractivity (Wildman–Crippen MR) is 90.4 cm³/mol. The van der Waals surface area contributed by atoms with E-state index < -0.39 is 35.1 Å². The molecule has 0 fully saturated rings. The third kappa shape index (κ3) is 5.81. The van der Waals surface area contributed by atoms with Crippen molar-refractivity contribution in [1.82, 2.24) is 9.88 Å². The second kappa shape index (κ2) is 8.43. The molecule has 25 heavy (non-hydrogen) atoms. The van der Waals surface area contributed by atoms with Crippen LogP contribution in [0.3, 0.4) is 0 Å². The van der Waals surface area contributed by atoms with Gasteiger partial charge in [-0.15, -0.1) is 0 Å². The van der Waals surface area contributed by atoms with Gasteiger partial charge < -0.3 is 14.6 Å². The summed E-state index contributed by atoms with van der Waals surface area (Å²) in [4.78, 5) is 22.9. The number of anilines is 1. The van der Waals surface area contributed by atoms with Crippen LogP contribution in [0.25, 0.3) is 0 Å². The van der Waals surface area contributed by atoms with Crippen LogP contribution in [0.15, 0.2) is 44.4 Å². The Bertz CT molecular complexity index is 872. The third-order valence-electron chi connectivity index (χ3n) is 2.66. The summed E-state index contributed by atoms with van der Waals surface area (Å²) < 4.78 is 36.0. The summed E-state index contributed by atoms with van der Waals surface area (Å²) in [5.41, 5.74) is 0. The largest absolute Gasteiger partial charge is 0.455 e. The molecule has 0 unspecified atom stereocenters. The number of halogens is 2. The number of rotatable bonds is 7. The van der Waals surface area contributed by atoms with Crippen LogP contribution < -0.4 is 10.0 Å². The van der Waals surface area contributed by atoms with Crippen LogP contribution in [-0.2, 0) is 24.3 Å². The van der Waals surface area contributed by atoms with Crippen molar-refractivity contribution in [3.05, 3.63) is 40.0 Å². The van der Waals surface area contributed by atoms with Gasteiger partial charge in [-0.25, -0.2) is 8.42 Å². The fraction of sp³-hybridized carbons (Fsp3) is 0.154. The van der Waals surface area contributed by atoms with E-state index in [4.69, 9.17) is 11.6 Å². The Kier molecular flexibility index (Phi) is 6.53. The van der Waals surface area contributed by atoms with Gasteiger partial charge in [0.05, 0.1) is 5.02 Å². The molecule has 0 bridgehead atoms. The fourth-order valence-electron chi connectivity index (χ4n) is 1.58. The van der Waals surface area contributed by atoms with Gasteiger partial charge in [0.2, 0.25) is 10.0 Å². The van der Waals surface area contributed by atoms with E-state index in [1.165, 1.54) is 30.5 Å². The normalized spacial score (nSPS) is 11.1. The molecular weight excluding hydrogens is 442 g/mol. The van der Waals surface area contributed by atoms with Gasteiger partial charge in [0.15, 0.2) is 12.4 Å². The molecule has 0 radical (unpaired) electrons. The average Bonchev–Trinajstić information content (AvgIpc) is 3.03. The molecule has 0 atom stereocenters. The molecule has 134 valence electrons.